The van der Waals surface area contributed by atoms with Crippen molar-refractivity contribution in [2.24, 2.45) is 0 Å². The van der Waals surface area contributed by atoms with Gasteiger partial charge in [-0.2, -0.15) is 0 Å². The van der Waals surface area contributed by atoms with Crippen molar-refractivity contribution < 1.29 is 113 Å². The zero-order chi connectivity index (χ0) is 0. The molecule has 0 amide bonds. The molecule has 0 bridgehead atoms. The average molecular weight is 1370 g/mol. The maximum absolute atomic E-state index is 0. The molecule has 0 aromatic rings. The Morgan fingerprint density at radius 1 is 0.600 bits per heavy atom. The summed E-state index contributed by atoms with van der Waals surface area (Å²) in [7, 11) is 0. The zero-order valence-corrected chi connectivity index (χ0v) is 27.6. The second kappa shape index (κ2) is 64.0. The van der Waals surface area contributed by atoms with Crippen LogP contribution >= 0.6 is 120 Å². The van der Waals surface area contributed by atoms with Gasteiger partial charge in [-0.1, -0.05) is 0 Å². The van der Waals surface area contributed by atoms with Crippen molar-refractivity contribution in [3.8, 4) is 0 Å². The quantitative estimate of drug-likeness (QED) is 0.259. The van der Waals surface area contributed by atoms with Crippen LogP contribution in [0.3, 0.4) is 0 Å². The first-order chi connectivity index (χ1) is 0. The molecular weight excluding hydrogens is 1360 g/mol. The number of rotatable bonds is 0. The van der Waals surface area contributed by atoms with Crippen molar-refractivity contribution in [1.29, 1.82) is 0 Å². The molecule has 81 valence electrons. The fourth-order valence-electron chi connectivity index (χ4n) is 0. The number of hydrogen-bond donors (Lipinski definition) is 0. The second-order valence-corrected chi connectivity index (χ2v) is 0. The van der Waals surface area contributed by atoms with Gasteiger partial charge in [0, 0.05) is 163 Å². The van der Waals surface area contributed by atoms with Gasteiger partial charge < -0.3 is 0 Å². The molecular formula is H5DyHoI5InSnTm. The van der Waals surface area contributed by atoms with Crippen molar-refractivity contribution in [3.63, 3.8) is 0 Å². The minimum Gasteiger partial charge on any atom is -0.107 e. The van der Waals surface area contributed by atoms with Gasteiger partial charge in [0.1, 0.15) is 0 Å². The van der Waals surface area contributed by atoms with E-state index in [-0.39, 0.29) is 282 Å². The molecule has 0 fully saturated rings. The molecule has 10 heteroatoms. The largest absolute Gasteiger partial charge is 0.107 e. The first-order valence-corrected chi connectivity index (χ1v) is 0. The predicted molar refractivity (Wildman–Crippen MR) is 88.6 cm³/mol. The molecule has 0 rings (SSSR count). The third-order valence-electron chi connectivity index (χ3n) is 0. The smallest absolute Gasteiger partial charge is 0 e. The van der Waals surface area contributed by atoms with E-state index in [1.165, 1.54) is 0 Å². The van der Waals surface area contributed by atoms with Crippen molar-refractivity contribution in [1.82, 2.24) is 0 Å². The molecule has 0 aromatic carbocycles. The van der Waals surface area contributed by atoms with E-state index in [0.29, 0.717) is 0 Å². The molecule has 0 N–H and O–H groups in total. The first kappa shape index (κ1) is 75.6. The molecule has 0 saturated heterocycles. The molecule has 0 aromatic heterocycles. The van der Waals surface area contributed by atoms with Crippen LogP contribution < -0.4 is 0 Å². The first-order valence-electron chi connectivity index (χ1n) is 0. The third kappa shape index (κ3) is 53.6. The van der Waals surface area contributed by atoms with E-state index < -0.39 is 0 Å². The van der Waals surface area contributed by atoms with Gasteiger partial charge in [-0.05, 0) is 0 Å². The van der Waals surface area contributed by atoms with Crippen molar-refractivity contribution in [2.75, 3.05) is 0 Å². The van der Waals surface area contributed by atoms with Crippen LogP contribution in [0.25, 0.3) is 0 Å². The Morgan fingerprint density at radius 2 is 0.600 bits per heavy atom. The van der Waals surface area contributed by atoms with Crippen LogP contribution in [0.5, 0.6) is 0 Å². The van der Waals surface area contributed by atoms with E-state index in [9.17, 15) is 0 Å². The van der Waals surface area contributed by atoms with E-state index in [1.54, 1.807) is 0 Å². The van der Waals surface area contributed by atoms with Gasteiger partial charge in [0.2, 0.25) is 0 Å². The Balaban J connectivity index is 0. The molecule has 0 unspecified atom stereocenters. The van der Waals surface area contributed by atoms with Gasteiger partial charge in [0.25, 0.3) is 0 Å². The molecule has 0 nitrogen and oxygen atoms in total. The normalized spacial score (nSPS) is 0. The van der Waals surface area contributed by atoms with Crippen molar-refractivity contribution in [3.05, 3.63) is 0 Å². The zero-order valence-electron chi connectivity index (χ0n) is 4.01. The van der Waals surface area contributed by atoms with E-state index in [1.807, 2.05) is 0 Å². The summed E-state index contributed by atoms with van der Waals surface area (Å²) in [6, 6.07) is 0. The molecule has 0 spiro atoms. The van der Waals surface area contributed by atoms with E-state index in [2.05, 4.69) is 0 Å². The van der Waals surface area contributed by atoms with Crippen molar-refractivity contribution in [2.45, 2.75) is 0 Å². The maximum Gasteiger partial charge on any atom is 0 e. The summed E-state index contributed by atoms with van der Waals surface area (Å²) in [5.74, 6) is 0. The maximum atomic E-state index is 0. The summed E-state index contributed by atoms with van der Waals surface area (Å²) >= 11 is 0. The van der Waals surface area contributed by atoms with E-state index in [4.69, 9.17) is 0 Å². The minimum atomic E-state index is 0. The molecule has 0 saturated carbocycles. The van der Waals surface area contributed by atoms with Gasteiger partial charge in [0.05, 0.1) is 0 Å². The minimum absolute atomic E-state index is 0. The molecule has 0 aliphatic rings. The Kier molecular flexibility index (Phi) is 484. The van der Waals surface area contributed by atoms with Crippen LogP contribution in [0.15, 0.2) is 0 Å². The SMILES string of the molecule is I.I.I.I.I.[Dy].[Ho].[In].[Sn].[Tm]. The molecule has 0 aliphatic carbocycles. The molecule has 0 heterocycles. The molecule has 0 aliphatic heterocycles. The summed E-state index contributed by atoms with van der Waals surface area (Å²) in [6.07, 6.45) is 0. The van der Waals surface area contributed by atoms with Gasteiger partial charge in [-0.25, -0.2) is 0 Å². The predicted octanol–water partition coefficient (Wildman–Crippen LogP) is 2.33. The van der Waals surface area contributed by atoms with Crippen LogP contribution in [-0.4, -0.2) is 49.8 Å². The Labute approximate surface area is 273 Å². The Hall–Kier alpha value is 9.09. The Bertz CT molecular complexity index is 21.6. The fourth-order valence-corrected chi connectivity index (χ4v) is 0. The van der Waals surface area contributed by atoms with Crippen LogP contribution in [0.2, 0.25) is 0 Å². The average Bonchev–Trinajstić information content (AvgIpc) is 0. The summed E-state index contributed by atoms with van der Waals surface area (Å²) in [4.78, 5) is 0. The monoisotopic (exact) mass is 1370 g/mol. The van der Waals surface area contributed by atoms with Crippen molar-refractivity contribution >= 4 is 170 Å². The van der Waals surface area contributed by atoms with Crippen LogP contribution in [-0.2, 0) is 0 Å². The van der Waals surface area contributed by atoms with Gasteiger partial charge in [0.15, 0.2) is 0 Å². The molecule has 0 atom stereocenters. The van der Waals surface area contributed by atoms with Gasteiger partial charge in [-0.15, -0.1) is 120 Å². The second-order valence-electron chi connectivity index (χ2n) is 0. The Morgan fingerprint density at radius 3 is 0.600 bits per heavy atom. The molecule has 9 radical (unpaired) electrons. The van der Waals surface area contributed by atoms with E-state index in [0.717, 1.165) is 0 Å². The summed E-state index contributed by atoms with van der Waals surface area (Å²) in [6.45, 7) is 0. The fraction of sp³-hybridized carbons (Fsp3) is 0. The van der Waals surface area contributed by atoms with Gasteiger partial charge in [-0.3, -0.25) is 0 Å². The van der Waals surface area contributed by atoms with Crippen LogP contribution in [0, 0.1) is 113 Å². The van der Waals surface area contributed by atoms with Crippen LogP contribution in [0.4, 0.5) is 0 Å². The number of halogens is 5. The standard InChI is InChI=1S/Dy.Ho.5HI.In.Sn.Tm/h;;5*1H;;;. The third-order valence-corrected chi connectivity index (χ3v) is 0. The van der Waals surface area contributed by atoms with Gasteiger partial charge >= 0.3 is 0 Å². The summed E-state index contributed by atoms with van der Waals surface area (Å²) < 4.78 is 0. The number of hydrogen-bond acceptors (Lipinski definition) is 0. The molecule has 10 heavy (non-hydrogen) atoms. The van der Waals surface area contributed by atoms with E-state index >= 15 is 0 Å². The summed E-state index contributed by atoms with van der Waals surface area (Å²) in [5, 5.41) is 0. The topological polar surface area (TPSA) is 0 Å². The van der Waals surface area contributed by atoms with Crippen LogP contribution in [0.1, 0.15) is 0 Å². The summed E-state index contributed by atoms with van der Waals surface area (Å²) in [5.41, 5.74) is 0.